The van der Waals surface area contributed by atoms with E-state index < -0.39 is 0 Å². The predicted octanol–water partition coefficient (Wildman–Crippen LogP) is 4.71. The fraction of sp³-hybridized carbons (Fsp3) is 0.520. The maximum atomic E-state index is 12.9. The average Bonchev–Trinajstić information content (AvgIpc) is 3.29. The zero-order valence-electron chi connectivity index (χ0n) is 18.5. The molecule has 2 amide bonds. The summed E-state index contributed by atoms with van der Waals surface area (Å²) in [4.78, 5) is 28.5. The van der Waals surface area contributed by atoms with Crippen molar-refractivity contribution in [2.24, 2.45) is 11.7 Å². The summed E-state index contributed by atoms with van der Waals surface area (Å²) >= 11 is 3.51. The second kappa shape index (κ2) is 10.7. The number of amides is 2. The first-order valence-corrected chi connectivity index (χ1v) is 12.4. The first-order valence-electron chi connectivity index (χ1n) is 11.7. The molecule has 2 aliphatic rings. The number of nitrogens with zero attached hydrogens (tertiary/aromatic N) is 2. The van der Waals surface area contributed by atoms with E-state index in [1.165, 1.54) is 37.7 Å². The minimum Gasteiger partial charge on any atom is -0.455 e. The van der Waals surface area contributed by atoms with Gasteiger partial charge in [-0.05, 0) is 55.5 Å². The molecule has 1 saturated heterocycles. The van der Waals surface area contributed by atoms with Crippen molar-refractivity contribution in [2.45, 2.75) is 64.1 Å². The van der Waals surface area contributed by atoms with E-state index in [0.717, 1.165) is 16.8 Å². The molecule has 1 aliphatic carbocycles. The summed E-state index contributed by atoms with van der Waals surface area (Å²) in [6, 6.07) is 12.7. The number of primary amides is 1. The summed E-state index contributed by atoms with van der Waals surface area (Å²) in [5.41, 5.74) is 6.68. The molecule has 0 spiro atoms. The Labute approximate surface area is 198 Å². The zero-order chi connectivity index (χ0) is 22.5. The van der Waals surface area contributed by atoms with Crippen LogP contribution in [0, 0.1) is 5.92 Å². The summed E-state index contributed by atoms with van der Waals surface area (Å²) in [6.07, 6.45) is 7.51. The van der Waals surface area contributed by atoms with E-state index in [4.69, 9.17) is 10.2 Å². The number of hydrogen-bond donors (Lipinski definition) is 1. The van der Waals surface area contributed by atoms with Gasteiger partial charge in [-0.2, -0.15) is 0 Å². The van der Waals surface area contributed by atoms with Gasteiger partial charge in [0, 0.05) is 36.1 Å². The van der Waals surface area contributed by atoms with Crippen molar-refractivity contribution in [3.05, 3.63) is 58.0 Å². The number of nitrogens with two attached hydrogens (primary N) is 1. The average molecular weight is 502 g/mol. The molecule has 0 bridgehead atoms. The summed E-state index contributed by atoms with van der Waals surface area (Å²) in [5, 5.41) is 0. The van der Waals surface area contributed by atoms with Crippen molar-refractivity contribution in [1.82, 2.24) is 9.80 Å². The van der Waals surface area contributed by atoms with Crippen LogP contribution in [0.1, 0.15) is 66.8 Å². The molecular weight excluding hydrogens is 470 g/mol. The van der Waals surface area contributed by atoms with Gasteiger partial charge in [-0.25, -0.2) is 0 Å². The van der Waals surface area contributed by atoms with Gasteiger partial charge in [0.2, 0.25) is 5.91 Å². The predicted molar refractivity (Wildman–Crippen MR) is 127 cm³/mol. The number of halogens is 1. The third-order valence-corrected chi connectivity index (χ3v) is 7.33. The Balaban J connectivity index is 1.42. The van der Waals surface area contributed by atoms with Crippen LogP contribution in [0.25, 0.3) is 0 Å². The minimum absolute atomic E-state index is 0.101. The van der Waals surface area contributed by atoms with Crippen LogP contribution >= 0.6 is 15.9 Å². The van der Waals surface area contributed by atoms with Gasteiger partial charge in [-0.1, -0.05) is 47.3 Å². The number of hydrogen-bond acceptors (Lipinski definition) is 4. The number of piperidine rings is 1. The topological polar surface area (TPSA) is 79.8 Å². The van der Waals surface area contributed by atoms with Crippen LogP contribution < -0.4 is 5.73 Å². The van der Waals surface area contributed by atoms with Crippen molar-refractivity contribution < 1.29 is 14.0 Å². The molecule has 2 heterocycles. The Bertz CT molecular complexity index is 913. The van der Waals surface area contributed by atoms with Crippen molar-refractivity contribution in [2.75, 3.05) is 13.1 Å². The van der Waals surface area contributed by atoms with E-state index >= 15 is 0 Å². The standard InChI is InChI=1S/C25H32BrN3O3/c26-20-8-6-18(7-9-20)16-29(21-4-2-1-3-5-21)17-22-10-11-23(32-22)25(31)28-14-12-19(13-15-28)24(27)30/h6-11,19,21H,1-5,12-17H2,(H2,27,30). The third kappa shape index (κ3) is 5.81. The van der Waals surface area contributed by atoms with E-state index in [2.05, 4.69) is 45.1 Å². The molecule has 2 fully saturated rings. The number of likely N-dealkylation sites (tertiary alicyclic amines) is 1. The summed E-state index contributed by atoms with van der Waals surface area (Å²) in [7, 11) is 0. The van der Waals surface area contributed by atoms with Gasteiger partial charge in [0.25, 0.3) is 5.91 Å². The molecule has 4 rings (SSSR count). The molecule has 6 nitrogen and oxygen atoms in total. The summed E-state index contributed by atoms with van der Waals surface area (Å²) in [5.74, 6) is 0.698. The Morgan fingerprint density at radius 2 is 1.66 bits per heavy atom. The fourth-order valence-electron chi connectivity index (χ4n) is 4.89. The maximum absolute atomic E-state index is 12.9. The molecule has 2 aromatic rings. The normalized spacial score (nSPS) is 18.2. The van der Waals surface area contributed by atoms with Crippen molar-refractivity contribution in [3.8, 4) is 0 Å². The SMILES string of the molecule is NC(=O)C1CCN(C(=O)c2ccc(CN(Cc3ccc(Br)cc3)C3CCCCC3)o2)CC1. The Hall–Kier alpha value is -2.12. The van der Waals surface area contributed by atoms with E-state index in [1.807, 2.05) is 6.07 Å². The first-order chi connectivity index (χ1) is 15.5. The van der Waals surface area contributed by atoms with E-state index in [0.29, 0.717) is 44.3 Å². The molecule has 1 aliphatic heterocycles. The number of benzene rings is 1. The molecule has 32 heavy (non-hydrogen) atoms. The smallest absolute Gasteiger partial charge is 0.289 e. The van der Waals surface area contributed by atoms with Crippen LogP contribution in [0.4, 0.5) is 0 Å². The monoisotopic (exact) mass is 501 g/mol. The second-order valence-electron chi connectivity index (χ2n) is 9.06. The molecule has 0 unspecified atom stereocenters. The lowest BCUT2D eigenvalue weighted by molar-refractivity contribution is -0.123. The van der Waals surface area contributed by atoms with Crippen LogP contribution in [0.5, 0.6) is 0 Å². The molecule has 1 aromatic heterocycles. The van der Waals surface area contributed by atoms with Crippen molar-refractivity contribution >= 4 is 27.7 Å². The highest BCUT2D eigenvalue weighted by Gasteiger charge is 2.28. The van der Waals surface area contributed by atoms with Gasteiger partial charge < -0.3 is 15.1 Å². The lowest BCUT2D eigenvalue weighted by Crippen LogP contribution is -2.41. The van der Waals surface area contributed by atoms with E-state index in [-0.39, 0.29) is 17.7 Å². The van der Waals surface area contributed by atoms with Crippen LogP contribution in [-0.2, 0) is 17.9 Å². The summed E-state index contributed by atoms with van der Waals surface area (Å²) < 4.78 is 7.10. The quantitative estimate of drug-likeness (QED) is 0.595. The molecule has 1 saturated carbocycles. The molecule has 1 aromatic carbocycles. The zero-order valence-corrected chi connectivity index (χ0v) is 20.1. The second-order valence-corrected chi connectivity index (χ2v) is 9.97. The number of carbonyl (C=O) groups is 2. The molecule has 172 valence electrons. The fourth-order valence-corrected chi connectivity index (χ4v) is 5.15. The molecular formula is C25H32BrN3O3. The van der Waals surface area contributed by atoms with Crippen LogP contribution in [0.3, 0.4) is 0 Å². The third-order valence-electron chi connectivity index (χ3n) is 6.81. The van der Waals surface area contributed by atoms with Gasteiger partial charge >= 0.3 is 0 Å². The van der Waals surface area contributed by atoms with Gasteiger partial charge in [-0.3, -0.25) is 14.5 Å². The van der Waals surface area contributed by atoms with Gasteiger partial charge in [0.1, 0.15) is 5.76 Å². The number of furan rings is 1. The van der Waals surface area contributed by atoms with Crippen LogP contribution in [-0.4, -0.2) is 40.7 Å². The lowest BCUT2D eigenvalue weighted by atomic mass is 9.93. The van der Waals surface area contributed by atoms with Crippen LogP contribution in [0.15, 0.2) is 45.3 Å². The Morgan fingerprint density at radius 3 is 2.31 bits per heavy atom. The number of rotatable bonds is 7. The largest absolute Gasteiger partial charge is 0.455 e. The first kappa shape index (κ1) is 23.1. The molecule has 2 N–H and O–H groups in total. The molecule has 0 radical (unpaired) electrons. The molecule has 7 heteroatoms. The highest BCUT2D eigenvalue weighted by Crippen LogP contribution is 2.27. The molecule has 0 atom stereocenters. The highest BCUT2D eigenvalue weighted by atomic mass is 79.9. The number of carbonyl (C=O) groups excluding carboxylic acids is 2. The van der Waals surface area contributed by atoms with Gasteiger partial charge in [0.05, 0.1) is 6.54 Å². The van der Waals surface area contributed by atoms with Gasteiger partial charge in [-0.15, -0.1) is 0 Å². The van der Waals surface area contributed by atoms with Crippen molar-refractivity contribution in [3.63, 3.8) is 0 Å². The highest BCUT2D eigenvalue weighted by molar-refractivity contribution is 9.10. The minimum atomic E-state index is -0.272. The van der Waals surface area contributed by atoms with E-state index in [9.17, 15) is 9.59 Å². The Kier molecular flexibility index (Phi) is 7.68. The van der Waals surface area contributed by atoms with Crippen molar-refractivity contribution in [1.29, 1.82) is 0 Å². The lowest BCUT2D eigenvalue weighted by Gasteiger charge is -2.34. The summed E-state index contributed by atoms with van der Waals surface area (Å²) in [6.45, 7) is 2.64. The van der Waals surface area contributed by atoms with Crippen LogP contribution in [0.2, 0.25) is 0 Å². The maximum Gasteiger partial charge on any atom is 0.289 e. The Morgan fingerprint density at radius 1 is 0.969 bits per heavy atom. The van der Waals surface area contributed by atoms with E-state index in [1.54, 1.807) is 11.0 Å². The van der Waals surface area contributed by atoms with Gasteiger partial charge in [0.15, 0.2) is 5.76 Å².